The van der Waals surface area contributed by atoms with Crippen molar-refractivity contribution in [3.63, 3.8) is 0 Å². The lowest BCUT2D eigenvalue weighted by Gasteiger charge is -2.36. The summed E-state index contributed by atoms with van der Waals surface area (Å²) in [5.41, 5.74) is 2.95. The molecule has 3 nitrogen and oxygen atoms in total. The molecule has 0 saturated carbocycles. The third kappa shape index (κ3) is 3.43. The number of hydrogen-bond donors (Lipinski definition) is 0. The summed E-state index contributed by atoms with van der Waals surface area (Å²) in [6, 6.07) is 6.10. The molecule has 22 heavy (non-hydrogen) atoms. The summed E-state index contributed by atoms with van der Waals surface area (Å²) in [4.78, 5) is 11.8. The van der Waals surface area contributed by atoms with Crippen LogP contribution in [-0.2, 0) is 16.0 Å². The number of hydrogen-bond acceptors (Lipinski definition) is 3. The van der Waals surface area contributed by atoms with E-state index in [1.54, 1.807) is 0 Å². The van der Waals surface area contributed by atoms with Crippen LogP contribution in [0.15, 0.2) is 23.8 Å². The molecule has 0 spiro atoms. The quantitative estimate of drug-likeness (QED) is 0.602. The van der Waals surface area contributed by atoms with Crippen LogP contribution in [-0.4, -0.2) is 20.9 Å². The summed E-state index contributed by atoms with van der Waals surface area (Å²) >= 11 is 0. The molecule has 0 amide bonds. The zero-order chi connectivity index (χ0) is 16.5. The maximum absolute atomic E-state index is 11.8. The van der Waals surface area contributed by atoms with Gasteiger partial charge in [-0.1, -0.05) is 26.8 Å². The zero-order valence-corrected chi connectivity index (χ0v) is 15.4. The van der Waals surface area contributed by atoms with Crippen LogP contribution >= 0.6 is 0 Å². The molecule has 0 radical (unpaired) electrons. The predicted octanol–water partition coefficient (Wildman–Crippen LogP) is 4.57. The Kier molecular flexibility index (Phi) is 4.52. The van der Waals surface area contributed by atoms with Crippen molar-refractivity contribution in [2.24, 2.45) is 0 Å². The predicted molar refractivity (Wildman–Crippen MR) is 92.6 cm³/mol. The van der Waals surface area contributed by atoms with Crippen molar-refractivity contribution in [3.05, 3.63) is 34.9 Å². The highest BCUT2D eigenvalue weighted by atomic mass is 28.4. The summed E-state index contributed by atoms with van der Waals surface area (Å²) in [7, 11) is -1.84. The van der Waals surface area contributed by atoms with Crippen molar-refractivity contribution in [3.8, 4) is 5.75 Å². The normalized spacial score (nSPS) is 14.4. The van der Waals surface area contributed by atoms with E-state index in [1.807, 2.05) is 25.1 Å². The molecule has 1 aliphatic rings. The summed E-state index contributed by atoms with van der Waals surface area (Å²) in [6.07, 6.45) is 2.55. The molecule has 0 fully saturated rings. The molecular weight excluding hydrogens is 292 g/mol. The minimum atomic E-state index is -1.84. The Morgan fingerprint density at radius 2 is 1.95 bits per heavy atom. The molecule has 0 bridgehead atoms. The molecule has 0 aliphatic heterocycles. The van der Waals surface area contributed by atoms with E-state index >= 15 is 0 Å². The fraction of sp³-hybridized carbons (Fsp3) is 0.500. The van der Waals surface area contributed by atoms with Gasteiger partial charge in [-0.3, -0.25) is 0 Å². The highest BCUT2D eigenvalue weighted by Crippen LogP contribution is 2.38. The first-order valence-corrected chi connectivity index (χ1v) is 10.7. The SMILES string of the molecule is CCOC(=O)C1=Cc2ccc(O[Si](C)(C)C(C)(C)C)cc2C1. The van der Waals surface area contributed by atoms with Crippen LogP contribution in [0.5, 0.6) is 5.75 Å². The molecule has 1 aliphatic carbocycles. The second-order valence-electron chi connectivity index (χ2n) is 7.29. The first-order valence-electron chi connectivity index (χ1n) is 7.83. The minimum Gasteiger partial charge on any atom is -0.543 e. The molecule has 0 N–H and O–H groups in total. The Morgan fingerprint density at radius 3 is 2.55 bits per heavy atom. The lowest BCUT2D eigenvalue weighted by Crippen LogP contribution is -2.43. The molecule has 1 aromatic carbocycles. The average molecular weight is 318 g/mol. The number of carbonyl (C=O) groups is 1. The van der Waals surface area contributed by atoms with Crippen molar-refractivity contribution in [1.82, 2.24) is 0 Å². The van der Waals surface area contributed by atoms with Gasteiger partial charge in [-0.25, -0.2) is 4.79 Å². The van der Waals surface area contributed by atoms with E-state index in [1.165, 1.54) is 0 Å². The van der Waals surface area contributed by atoms with Gasteiger partial charge in [-0.15, -0.1) is 0 Å². The molecule has 2 rings (SSSR count). The maximum atomic E-state index is 11.8. The Morgan fingerprint density at radius 1 is 1.27 bits per heavy atom. The van der Waals surface area contributed by atoms with Gasteiger partial charge in [0.15, 0.2) is 0 Å². The molecule has 0 saturated heterocycles. The monoisotopic (exact) mass is 318 g/mol. The molecule has 0 heterocycles. The van der Waals surface area contributed by atoms with Gasteiger partial charge in [0.2, 0.25) is 8.32 Å². The Hall–Kier alpha value is -1.55. The van der Waals surface area contributed by atoms with Gasteiger partial charge in [0.1, 0.15) is 5.75 Å². The molecule has 0 atom stereocenters. The first kappa shape index (κ1) is 16.8. The topological polar surface area (TPSA) is 35.5 Å². The Labute approximate surface area is 134 Å². The van der Waals surface area contributed by atoms with Gasteiger partial charge in [0.05, 0.1) is 6.61 Å². The fourth-order valence-corrected chi connectivity index (χ4v) is 3.21. The molecule has 1 aromatic rings. The summed E-state index contributed by atoms with van der Waals surface area (Å²) in [5.74, 6) is 0.689. The van der Waals surface area contributed by atoms with Crippen molar-refractivity contribution >= 4 is 20.4 Å². The van der Waals surface area contributed by atoms with Crippen LogP contribution in [0.3, 0.4) is 0 Å². The number of benzene rings is 1. The summed E-state index contributed by atoms with van der Waals surface area (Å²) in [6.45, 7) is 13.4. The molecule has 120 valence electrons. The number of carbonyl (C=O) groups excluding carboxylic acids is 1. The van der Waals surface area contributed by atoms with Crippen molar-refractivity contribution in [2.75, 3.05) is 6.61 Å². The molecular formula is C18H26O3Si. The maximum Gasteiger partial charge on any atom is 0.334 e. The molecule has 0 aromatic heterocycles. The van der Waals surface area contributed by atoms with Gasteiger partial charge >= 0.3 is 5.97 Å². The van der Waals surface area contributed by atoms with Crippen molar-refractivity contribution in [1.29, 1.82) is 0 Å². The van der Waals surface area contributed by atoms with Crippen LogP contribution in [0.1, 0.15) is 38.8 Å². The van der Waals surface area contributed by atoms with E-state index in [2.05, 4.69) is 39.9 Å². The lowest BCUT2D eigenvalue weighted by atomic mass is 10.1. The molecule has 4 heteroatoms. The van der Waals surface area contributed by atoms with Crippen LogP contribution in [0.25, 0.3) is 6.08 Å². The van der Waals surface area contributed by atoms with Crippen molar-refractivity contribution < 1.29 is 14.0 Å². The van der Waals surface area contributed by atoms with E-state index in [0.29, 0.717) is 13.0 Å². The highest BCUT2D eigenvalue weighted by molar-refractivity contribution is 6.74. The number of fused-ring (bicyclic) bond motifs is 1. The number of rotatable bonds is 4. The van der Waals surface area contributed by atoms with Crippen LogP contribution in [0, 0.1) is 0 Å². The van der Waals surface area contributed by atoms with Crippen LogP contribution in [0.4, 0.5) is 0 Å². The Balaban J connectivity index is 2.15. The van der Waals surface area contributed by atoms with E-state index in [0.717, 1.165) is 22.4 Å². The van der Waals surface area contributed by atoms with E-state index in [9.17, 15) is 4.79 Å². The third-order valence-electron chi connectivity index (χ3n) is 4.54. The van der Waals surface area contributed by atoms with E-state index in [4.69, 9.17) is 9.16 Å². The van der Waals surface area contributed by atoms with Crippen molar-refractivity contribution in [2.45, 2.75) is 52.2 Å². The first-order chi connectivity index (χ1) is 10.1. The average Bonchev–Trinajstić information content (AvgIpc) is 2.80. The summed E-state index contributed by atoms with van der Waals surface area (Å²) < 4.78 is 11.4. The minimum absolute atomic E-state index is 0.167. The molecule has 0 unspecified atom stereocenters. The third-order valence-corrected chi connectivity index (χ3v) is 8.90. The number of esters is 1. The van der Waals surface area contributed by atoms with Gasteiger partial charge in [-0.2, -0.15) is 0 Å². The van der Waals surface area contributed by atoms with Gasteiger partial charge in [0.25, 0.3) is 0 Å². The van der Waals surface area contributed by atoms with Crippen LogP contribution < -0.4 is 4.43 Å². The van der Waals surface area contributed by atoms with E-state index < -0.39 is 8.32 Å². The summed E-state index contributed by atoms with van der Waals surface area (Å²) in [5, 5.41) is 0.167. The van der Waals surface area contributed by atoms with Gasteiger partial charge < -0.3 is 9.16 Å². The fourth-order valence-electron chi connectivity index (χ4n) is 2.19. The zero-order valence-electron chi connectivity index (χ0n) is 14.4. The number of ether oxygens (including phenoxy) is 1. The van der Waals surface area contributed by atoms with Gasteiger partial charge in [0, 0.05) is 12.0 Å². The van der Waals surface area contributed by atoms with E-state index in [-0.39, 0.29) is 11.0 Å². The second kappa shape index (κ2) is 5.92. The van der Waals surface area contributed by atoms with Gasteiger partial charge in [-0.05, 0) is 54.4 Å². The lowest BCUT2D eigenvalue weighted by molar-refractivity contribution is -0.138. The largest absolute Gasteiger partial charge is 0.543 e. The van der Waals surface area contributed by atoms with Crippen LogP contribution in [0.2, 0.25) is 18.1 Å². The highest BCUT2D eigenvalue weighted by Gasteiger charge is 2.39. The standard InChI is InChI=1S/C18H26O3Si/c1-7-20-17(19)15-10-13-8-9-16(12-14(13)11-15)21-22(5,6)18(2,3)4/h8-10,12H,7,11H2,1-6H3. The Bertz CT molecular complexity index is 609. The smallest absolute Gasteiger partial charge is 0.334 e. The second-order valence-corrected chi connectivity index (χ2v) is 12.0.